The fourth-order valence-electron chi connectivity index (χ4n) is 3.04. The molecule has 7 nitrogen and oxygen atoms in total. The largest absolute Gasteiger partial charge is 0.298 e. The highest BCUT2D eigenvalue weighted by atomic mass is 79.9. The summed E-state index contributed by atoms with van der Waals surface area (Å²) >= 11 is 3.30. The third-order valence-electron chi connectivity index (χ3n) is 4.65. The molecule has 4 rings (SSSR count). The first kappa shape index (κ1) is 20.2. The molecule has 0 saturated carbocycles. The number of benzene rings is 1. The molecule has 3 heterocycles. The maximum Gasteiger partial charge on any atom is 0.278 e. The summed E-state index contributed by atoms with van der Waals surface area (Å²) in [4.78, 5) is 8.75. The van der Waals surface area contributed by atoms with Crippen LogP contribution in [0.3, 0.4) is 0 Å². The van der Waals surface area contributed by atoms with E-state index in [1.54, 1.807) is 36.8 Å². The van der Waals surface area contributed by atoms with Gasteiger partial charge in [-0.3, -0.25) is 9.38 Å². The summed E-state index contributed by atoms with van der Waals surface area (Å²) in [5, 5.41) is 4.15. The lowest BCUT2D eigenvalue weighted by Crippen LogP contribution is -2.22. The molecule has 0 atom stereocenters. The second-order valence-electron chi connectivity index (χ2n) is 6.66. The van der Waals surface area contributed by atoms with Crippen molar-refractivity contribution in [3.05, 3.63) is 83.0 Å². The zero-order valence-corrected chi connectivity index (χ0v) is 18.7. The zero-order chi connectivity index (χ0) is 21.3. The van der Waals surface area contributed by atoms with Crippen LogP contribution in [-0.2, 0) is 10.0 Å². The van der Waals surface area contributed by atoms with Gasteiger partial charge in [0.15, 0.2) is 0 Å². The Kier molecular flexibility index (Phi) is 5.40. The van der Waals surface area contributed by atoms with Crippen LogP contribution in [0.2, 0.25) is 0 Å². The molecule has 1 aromatic carbocycles. The van der Waals surface area contributed by atoms with Crippen molar-refractivity contribution in [1.82, 2.24) is 18.8 Å². The summed E-state index contributed by atoms with van der Waals surface area (Å²) in [7, 11) is -2.35. The van der Waals surface area contributed by atoms with Gasteiger partial charge in [0.1, 0.15) is 5.65 Å². The molecule has 3 aromatic heterocycles. The van der Waals surface area contributed by atoms with Crippen molar-refractivity contribution in [2.75, 3.05) is 7.05 Å². The predicted octanol–water partition coefficient (Wildman–Crippen LogP) is 4.12. The van der Waals surface area contributed by atoms with E-state index in [0.717, 1.165) is 26.8 Å². The number of hydrazone groups is 1. The fraction of sp³-hybridized carbons (Fsp3) is 0.0952. The summed E-state index contributed by atoms with van der Waals surface area (Å²) in [6, 6.07) is 12.4. The van der Waals surface area contributed by atoms with Gasteiger partial charge in [-0.1, -0.05) is 28.1 Å². The van der Waals surface area contributed by atoms with E-state index in [-0.39, 0.29) is 4.90 Å². The maximum absolute atomic E-state index is 12.8. The van der Waals surface area contributed by atoms with Gasteiger partial charge in [-0.05, 0) is 42.8 Å². The summed E-state index contributed by atoms with van der Waals surface area (Å²) in [5.41, 5.74) is 4.48. The quantitative estimate of drug-likeness (QED) is 0.315. The molecule has 0 fully saturated rings. The number of hydrogen-bond donors (Lipinski definition) is 0. The molecule has 0 aliphatic heterocycles. The van der Waals surface area contributed by atoms with Crippen molar-refractivity contribution in [3.8, 4) is 11.1 Å². The Balaban J connectivity index is 1.69. The third kappa shape index (κ3) is 3.86. The minimum Gasteiger partial charge on any atom is -0.298 e. The topological polar surface area (TPSA) is 79.9 Å². The molecule has 0 N–H and O–H groups in total. The lowest BCUT2D eigenvalue weighted by Gasteiger charge is -2.13. The Labute approximate surface area is 182 Å². The maximum atomic E-state index is 12.8. The number of imidazole rings is 1. The third-order valence-corrected chi connectivity index (χ3v) is 6.78. The number of fused-ring (bicyclic) bond motifs is 1. The molecule has 0 aliphatic carbocycles. The van der Waals surface area contributed by atoms with E-state index in [4.69, 9.17) is 0 Å². The summed E-state index contributed by atoms with van der Waals surface area (Å²) in [5.74, 6) is 0. The monoisotopic (exact) mass is 483 g/mol. The van der Waals surface area contributed by atoms with Gasteiger partial charge in [0.05, 0.1) is 23.0 Å². The van der Waals surface area contributed by atoms with E-state index in [1.807, 2.05) is 35.7 Å². The van der Waals surface area contributed by atoms with Crippen LogP contribution in [0.1, 0.15) is 11.3 Å². The fourth-order valence-corrected chi connectivity index (χ4v) is 4.59. The summed E-state index contributed by atoms with van der Waals surface area (Å²) in [6.45, 7) is 2.02. The van der Waals surface area contributed by atoms with E-state index in [2.05, 4.69) is 31.0 Å². The van der Waals surface area contributed by atoms with Gasteiger partial charge in [0.25, 0.3) is 10.0 Å². The lowest BCUT2D eigenvalue weighted by molar-refractivity contribution is 0.491. The standard InChI is InChI=1S/C21H18BrN5O2S/c1-15-9-21-24-12-18(27(21)14-20(15)16-5-4-8-23-11-16)13-25-26(2)30(28,29)19-7-3-6-17(22)10-19/h3-14H,1-2H3. The van der Waals surface area contributed by atoms with Crippen LogP contribution in [0.15, 0.2) is 81.7 Å². The Morgan fingerprint density at radius 3 is 2.73 bits per heavy atom. The van der Waals surface area contributed by atoms with Crippen LogP contribution in [0, 0.1) is 6.92 Å². The first-order valence-corrected chi connectivity index (χ1v) is 11.3. The molecule has 30 heavy (non-hydrogen) atoms. The van der Waals surface area contributed by atoms with Crippen molar-refractivity contribution in [1.29, 1.82) is 0 Å². The second kappa shape index (κ2) is 8.00. The minimum absolute atomic E-state index is 0.157. The van der Waals surface area contributed by atoms with Crippen LogP contribution in [0.4, 0.5) is 0 Å². The first-order chi connectivity index (χ1) is 14.4. The predicted molar refractivity (Wildman–Crippen MR) is 120 cm³/mol. The molecule has 0 spiro atoms. The van der Waals surface area contributed by atoms with E-state index in [9.17, 15) is 8.42 Å². The highest BCUT2D eigenvalue weighted by Gasteiger charge is 2.19. The van der Waals surface area contributed by atoms with Crippen molar-refractivity contribution >= 4 is 37.8 Å². The van der Waals surface area contributed by atoms with Gasteiger partial charge in [-0.15, -0.1) is 0 Å². The number of aromatic nitrogens is 3. The zero-order valence-electron chi connectivity index (χ0n) is 16.3. The summed E-state index contributed by atoms with van der Waals surface area (Å²) < 4.78 is 29.0. The van der Waals surface area contributed by atoms with Gasteiger partial charge >= 0.3 is 0 Å². The second-order valence-corrected chi connectivity index (χ2v) is 9.53. The Hall–Kier alpha value is -3.04. The summed E-state index contributed by atoms with van der Waals surface area (Å²) in [6.07, 6.45) is 8.63. The van der Waals surface area contributed by atoms with Crippen LogP contribution in [-0.4, -0.2) is 40.5 Å². The normalized spacial score (nSPS) is 12.0. The van der Waals surface area contributed by atoms with E-state index < -0.39 is 10.0 Å². The Bertz CT molecular complexity index is 1350. The molecule has 0 amide bonds. The average molecular weight is 484 g/mol. The number of aryl methyl sites for hydroxylation is 1. The average Bonchev–Trinajstić information content (AvgIpc) is 3.13. The van der Waals surface area contributed by atoms with Crippen molar-refractivity contribution in [2.45, 2.75) is 11.8 Å². The van der Waals surface area contributed by atoms with Crippen LogP contribution >= 0.6 is 15.9 Å². The number of sulfonamides is 1. The molecule has 0 radical (unpaired) electrons. The lowest BCUT2D eigenvalue weighted by atomic mass is 10.1. The number of hydrogen-bond acceptors (Lipinski definition) is 5. The molecule has 152 valence electrons. The smallest absolute Gasteiger partial charge is 0.278 e. The van der Waals surface area contributed by atoms with Crippen LogP contribution < -0.4 is 0 Å². The number of pyridine rings is 2. The number of halogens is 1. The highest BCUT2D eigenvalue weighted by molar-refractivity contribution is 9.10. The number of rotatable bonds is 5. The Morgan fingerprint density at radius 1 is 1.17 bits per heavy atom. The highest BCUT2D eigenvalue weighted by Crippen LogP contribution is 2.24. The molecule has 9 heteroatoms. The van der Waals surface area contributed by atoms with E-state index >= 15 is 0 Å². The molecule has 0 bridgehead atoms. The molecule has 0 saturated heterocycles. The number of nitrogens with zero attached hydrogens (tertiary/aromatic N) is 5. The van der Waals surface area contributed by atoms with Crippen LogP contribution in [0.5, 0.6) is 0 Å². The molecule has 0 unspecified atom stereocenters. The van der Waals surface area contributed by atoms with E-state index in [1.165, 1.54) is 19.3 Å². The molecular formula is C21H18BrN5O2S. The minimum atomic E-state index is -3.76. The van der Waals surface area contributed by atoms with Crippen molar-refractivity contribution in [3.63, 3.8) is 0 Å². The van der Waals surface area contributed by atoms with Gasteiger partial charge in [-0.2, -0.15) is 17.9 Å². The van der Waals surface area contributed by atoms with Crippen LogP contribution in [0.25, 0.3) is 16.8 Å². The first-order valence-electron chi connectivity index (χ1n) is 9.03. The molecule has 0 aliphatic rings. The van der Waals surface area contributed by atoms with Crippen molar-refractivity contribution < 1.29 is 8.42 Å². The van der Waals surface area contributed by atoms with Crippen molar-refractivity contribution in [2.24, 2.45) is 5.10 Å². The SMILES string of the molecule is Cc1cc2ncc(C=NN(C)S(=O)(=O)c3cccc(Br)c3)n2cc1-c1cccnc1. The Morgan fingerprint density at radius 2 is 2.00 bits per heavy atom. The van der Waals surface area contributed by atoms with Gasteiger partial charge in [0, 0.05) is 41.2 Å². The van der Waals surface area contributed by atoms with Gasteiger partial charge in [-0.25, -0.2) is 4.98 Å². The molecular weight excluding hydrogens is 466 g/mol. The van der Waals surface area contributed by atoms with Gasteiger partial charge < -0.3 is 0 Å². The van der Waals surface area contributed by atoms with E-state index in [0.29, 0.717) is 10.2 Å². The van der Waals surface area contributed by atoms with Gasteiger partial charge in [0.2, 0.25) is 0 Å². The molecule has 4 aromatic rings.